The molecule has 1 N–H and O–H groups in total. The highest BCUT2D eigenvalue weighted by atomic mass is 127. The molecule has 1 fully saturated rings. The largest absolute Gasteiger partial charge is 0.454 e. The first-order chi connectivity index (χ1) is 9.33. The Morgan fingerprint density at radius 1 is 1.55 bits per heavy atom. The summed E-state index contributed by atoms with van der Waals surface area (Å²) in [4.78, 5) is 13.7. The van der Waals surface area contributed by atoms with E-state index >= 15 is 0 Å². The van der Waals surface area contributed by atoms with Gasteiger partial charge in [0.25, 0.3) is 0 Å². The van der Waals surface area contributed by atoms with Crippen LogP contribution in [0.15, 0.2) is 16.5 Å². The van der Waals surface area contributed by atoms with Gasteiger partial charge in [0.2, 0.25) is 0 Å². The quantitative estimate of drug-likeness (QED) is 0.804. The number of halogens is 1. The molecular formula is C14H21IN2O3. The van der Waals surface area contributed by atoms with Crippen molar-refractivity contribution in [3.8, 4) is 0 Å². The molecule has 5 nitrogen and oxygen atoms in total. The number of hydrogen-bond donors (Lipinski definition) is 1. The molecule has 1 amide bonds. The van der Waals surface area contributed by atoms with Crippen LogP contribution in [-0.2, 0) is 11.3 Å². The maximum absolute atomic E-state index is 11.9. The van der Waals surface area contributed by atoms with Crippen molar-refractivity contribution in [2.75, 3.05) is 13.1 Å². The molecule has 2 heterocycles. The molecule has 1 aromatic rings. The van der Waals surface area contributed by atoms with Gasteiger partial charge in [-0.1, -0.05) is 0 Å². The molecule has 1 aliphatic rings. The molecule has 1 aromatic heterocycles. The molecule has 0 bridgehead atoms. The highest BCUT2D eigenvalue weighted by molar-refractivity contribution is 14.1. The lowest BCUT2D eigenvalue weighted by Crippen LogP contribution is -2.38. The molecular weight excluding hydrogens is 371 g/mol. The van der Waals surface area contributed by atoms with Gasteiger partial charge >= 0.3 is 6.09 Å². The Morgan fingerprint density at radius 3 is 2.90 bits per heavy atom. The van der Waals surface area contributed by atoms with Crippen LogP contribution in [0.4, 0.5) is 4.79 Å². The van der Waals surface area contributed by atoms with Gasteiger partial charge in [-0.3, -0.25) is 0 Å². The van der Waals surface area contributed by atoms with Crippen molar-refractivity contribution in [1.82, 2.24) is 10.2 Å². The number of carbonyl (C=O) groups is 1. The van der Waals surface area contributed by atoms with Crippen molar-refractivity contribution < 1.29 is 13.9 Å². The van der Waals surface area contributed by atoms with Gasteiger partial charge in [-0.05, 0) is 61.9 Å². The minimum atomic E-state index is -0.437. The van der Waals surface area contributed by atoms with Crippen LogP contribution in [0.5, 0.6) is 0 Å². The summed E-state index contributed by atoms with van der Waals surface area (Å²) in [6.07, 6.45) is 0.714. The van der Waals surface area contributed by atoms with E-state index in [0.717, 1.165) is 22.5 Å². The molecule has 112 valence electrons. The Bertz CT molecular complexity index is 467. The Labute approximate surface area is 133 Å². The van der Waals surface area contributed by atoms with Crippen molar-refractivity contribution >= 4 is 28.7 Å². The third kappa shape index (κ3) is 4.66. The van der Waals surface area contributed by atoms with E-state index in [2.05, 4.69) is 27.9 Å². The second-order valence-corrected chi connectivity index (χ2v) is 7.06. The van der Waals surface area contributed by atoms with Crippen molar-refractivity contribution in [2.45, 2.75) is 45.4 Å². The normalized spacial score (nSPS) is 19.4. The number of rotatable bonds is 3. The van der Waals surface area contributed by atoms with Gasteiger partial charge in [0.1, 0.15) is 11.4 Å². The smallest absolute Gasteiger partial charge is 0.410 e. The van der Waals surface area contributed by atoms with E-state index in [1.807, 2.05) is 32.9 Å². The summed E-state index contributed by atoms with van der Waals surface area (Å²) < 4.78 is 11.8. The maximum atomic E-state index is 11.9. The fourth-order valence-corrected chi connectivity index (χ4v) is 2.57. The van der Waals surface area contributed by atoms with E-state index in [4.69, 9.17) is 9.15 Å². The van der Waals surface area contributed by atoms with Crippen LogP contribution in [0, 0.1) is 3.77 Å². The topological polar surface area (TPSA) is 54.7 Å². The standard InChI is InChI=1S/C14H21IN2O3/c1-14(2,3)20-13(18)17-7-6-10(9-17)16-8-11-4-5-12(15)19-11/h4-5,10,16H,6-9H2,1-3H3. The Kier molecular flexibility index (Phi) is 4.95. The number of amides is 1. The Hall–Kier alpha value is -0.760. The fraction of sp³-hybridized carbons (Fsp3) is 0.643. The number of likely N-dealkylation sites (tertiary alicyclic amines) is 1. The maximum Gasteiger partial charge on any atom is 0.410 e. The summed E-state index contributed by atoms with van der Waals surface area (Å²) in [6.45, 7) is 7.77. The first-order valence-electron chi connectivity index (χ1n) is 6.79. The minimum absolute atomic E-state index is 0.227. The average Bonchev–Trinajstić information content (AvgIpc) is 2.93. The molecule has 6 heteroatoms. The summed E-state index contributed by atoms with van der Waals surface area (Å²) in [7, 11) is 0. The van der Waals surface area contributed by atoms with Crippen LogP contribution in [0.25, 0.3) is 0 Å². The lowest BCUT2D eigenvalue weighted by atomic mass is 10.2. The summed E-state index contributed by atoms with van der Waals surface area (Å²) in [5.74, 6) is 0.921. The monoisotopic (exact) mass is 392 g/mol. The summed E-state index contributed by atoms with van der Waals surface area (Å²) in [5.41, 5.74) is -0.437. The highest BCUT2D eigenvalue weighted by Gasteiger charge is 2.29. The summed E-state index contributed by atoms with van der Waals surface area (Å²) >= 11 is 2.15. The number of nitrogens with zero attached hydrogens (tertiary/aromatic N) is 1. The molecule has 1 atom stereocenters. The van der Waals surface area contributed by atoms with Crippen LogP contribution in [0.1, 0.15) is 33.0 Å². The summed E-state index contributed by atoms with van der Waals surface area (Å²) in [5, 5.41) is 3.41. The van der Waals surface area contributed by atoms with Gasteiger partial charge in [-0.2, -0.15) is 0 Å². The van der Waals surface area contributed by atoms with Gasteiger partial charge in [0.05, 0.1) is 6.54 Å². The average molecular weight is 392 g/mol. The van der Waals surface area contributed by atoms with E-state index in [0.29, 0.717) is 19.1 Å². The number of carbonyl (C=O) groups excluding carboxylic acids is 1. The van der Waals surface area contributed by atoms with E-state index < -0.39 is 5.60 Å². The van der Waals surface area contributed by atoms with Crippen molar-refractivity contribution in [3.63, 3.8) is 0 Å². The van der Waals surface area contributed by atoms with Crippen molar-refractivity contribution in [3.05, 3.63) is 21.7 Å². The third-order valence-electron chi connectivity index (χ3n) is 3.03. The lowest BCUT2D eigenvalue weighted by molar-refractivity contribution is 0.0291. The number of nitrogens with one attached hydrogen (secondary N) is 1. The molecule has 0 aliphatic carbocycles. The van der Waals surface area contributed by atoms with Gasteiger partial charge < -0.3 is 19.4 Å². The zero-order valence-electron chi connectivity index (χ0n) is 12.1. The molecule has 0 saturated carbocycles. The second kappa shape index (κ2) is 6.34. The molecule has 1 unspecified atom stereocenters. The molecule has 20 heavy (non-hydrogen) atoms. The van der Waals surface area contributed by atoms with Crippen LogP contribution in [-0.4, -0.2) is 35.7 Å². The first kappa shape index (κ1) is 15.6. The molecule has 0 spiro atoms. The van der Waals surface area contributed by atoms with Gasteiger partial charge in [-0.15, -0.1) is 0 Å². The zero-order chi connectivity index (χ0) is 14.8. The first-order valence-corrected chi connectivity index (χ1v) is 7.87. The third-order valence-corrected chi connectivity index (χ3v) is 3.61. The lowest BCUT2D eigenvalue weighted by Gasteiger charge is -2.24. The zero-order valence-corrected chi connectivity index (χ0v) is 14.3. The van der Waals surface area contributed by atoms with Crippen LogP contribution in [0.2, 0.25) is 0 Å². The fourth-order valence-electron chi connectivity index (χ4n) is 2.11. The van der Waals surface area contributed by atoms with E-state index in [1.54, 1.807) is 4.90 Å². The van der Waals surface area contributed by atoms with E-state index in [-0.39, 0.29) is 6.09 Å². The summed E-state index contributed by atoms with van der Waals surface area (Å²) in [6, 6.07) is 4.21. The molecule has 0 aromatic carbocycles. The Morgan fingerprint density at radius 2 is 2.30 bits per heavy atom. The predicted molar refractivity (Wildman–Crippen MR) is 84.5 cm³/mol. The molecule has 0 radical (unpaired) electrons. The van der Waals surface area contributed by atoms with Crippen molar-refractivity contribution in [1.29, 1.82) is 0 Å². The van der Waals surface area contributed by atoms with Crippen molar-refractivity contribution in [2.24, 2.45) is 0 Å². The minimum Gasteiger partial charge on any atom is -0.454 e. The number of furan rings is 1. The van der Waals surface area contributed by atoms with Gasteiger partial charge in [0, 0.05) is 19.1 Å². The highest BCUT2D eigenvalue weighted by Crippen LogP contribution is 2.16. The second-order valence-electron chi connectivity index (χ2n) is 6.00. The molecule has 1 saturated heterocycles. The Balaban J connectivity index is 1.76. The molecule has 2 rings (SSSR count). The van der Waals surface area contributed by atoms with Gasteiger partial charge in [-0.25, -0.2) is 4.79 Å². The number of hydrogen-bond acceptors (Lipinski definition) is 4. The van der Waals surface area contributed by atoms with Crippen LogP contribution in [0.3, 0.4) is 0 Å². The van der Waals surface area contributed by atoms with E-state index in [1.165, 1.54) is 0 Å². The molecule has 1 aliphatic heterocycles. The SMILES string of the molecule is CC(C)(C)OC(=O)N1CCC(NCc2ccc(I)o2)C1. The number of ether oxygens (including phenoxy) is 1. The predicted octanol–water partition coefficient (Wildman–Crippen LogP) is 2.98. The van der Waals surface area contributed by atoms with Crippen LogP contribution >= 0.6 is 22.6 Å². The van der Waals surface area contributed by atoms with E-state index in [9.17, 15) is 4.79 Å². The van der Waals surface area contributed by atoms with Gasteiger partial charge in [0.15, 0.2) is 3.77 Å². The van der Waals surface area contributed by atoms with Crippen LogP contribution < -0.4 is 5.32 Å².